The smallest absolute Gasteiger partial charge is 0.269 e. The van der Waals surface area contributed by atoms with E-state index in [9.17, 15) is 24.5 Å². The zero-order valence-corrected chi connectivity index (χ0v) is 45.0. The van der Waals surface area contributed by atoms with Crippen molar-refractivity contribution in [3.63, 3.8) is 0 Å². The van der Waals surface area contributed by atoms with Crippen molar-refractivity contribution in [2.75, 3.05) is 0 Å². The van der Waals surface area contributed by atoms with Gasteiger partial charge in [-0.3, -0.25) is 24.5 Å². The number of hydrogen-bond acceptors (Lipinski definition) is 10. The molecule has 0 unspecified atom stereocenters. The van der Waals surface area contributed by atoms with Crippen molar-refractivity contribution in [2.45, 2.75) is 38.0 Å². The Morgan fingerprint density at radius 1 is 0.387 bits per heavy atom. The summed E-state index contributed by atoms with van der Waals surface area (Å²) in [5.74, 6) is 1.84. The molecule has 0 atom stereocenters. The molecule has 0 aromatic heterocycles. The summed E-state index contributed by atoms with van der Waals surface area (Å²) in [5.41, 5.74) is 13.0. The van der Waals surface area contributed by atoms with Crippen LogP contribution in [0.5, 0.6) is 0 Å². The standard InChI is InChI=1S/C63H51N3O5S3Si/c1-43(67)72-40-46-7-4-10-54(37-46)51-17-31-61(32-18-51)75(62-33-19-52(20-34-62)55-11-5-8-47(38-55)41-73-44(2)68,63-35-21-53(22-36-63)56-12-6-9-48(39-56)42-74-45(3)69)60-29-15-50(16-30-60)49-13-23-57(24-14-49)64-65-58-25-27-59(28-26-58)66(70)71/h4-39H,40-42H2,1-3H3. The molecule has 0 N–H and O–H groups in total. The summed E-state index contributed by atoms with van der Waals surface area (Å²) in [6, 6.07) is 75.1. The fourth-order valence-corrected chi connectivity index (χ4v) is 15.5. The van der Waals surface area contributed by atoms with Crippen LogP contribution in [0.2, 0.25) is 0 Å². The minimum atomic E-state index is -3.15. The van der Waals surface area contributed by atoms with Gasteiger partial charge >= 0.3 is 0 Å². The Morgan fingerprint density at radius 2 is 0.653 bits per heavy atom. The minimum absolute atomic E-state index is 0.00252. The summed E-state index contributed by atoms with van der Waals surface area (Å²) in [5, 5.41) is 24.9. The predicted molar refractivity (Wildman–Crippen MR) is 315 cm³/mol. The number of carbonyl (C=O) groups excluding carboxylic acids is 3. The number of rotatable bonds is 17. The molecular weight excluding hydrogens is 1000 g/mol. The van der Waals surface area contributed by atoms with E-state index in [0.717, 1.165) is 61.2 Å². The molecule has 0 aliphatic carbocycles. The fraction of sp³-hybridized carbons (Fsp3) is 0.0952. The molecule has 0 radical (unpaired) electrons. The second-order valence-electron chi connectivity index (χ2n) is 18.0. The normalized spacial score (nSPS) is 11.4. The van der Waals surface area contributed by atoms with Gasteiger partial charge in [0.15, 0.2) is 23.4 Å². The highest BCUT2D eigenvalue weighted by Gasteiger charge is 2.41. The zero-order chi connectivity index (χ0) is 52.3. The highest BCUT2D eigenvalue weighted by molar-refractivity contribution is 8.13. The van der Waals surface area contributed by atoms with Crippen molar-refractivity contribution in [1.29, 1.82) is 0 Å². The summed E-state index contributed by atoms with van der Waals surface area (Å²) in [6.07, 6.45) is 0. The van der Waals surface area contributed by atoms with Crippen molar-refractivity contribution in [2.24, 2.45) is 10.2 Å². The van der Waals surface area contributed by atoms with Crippen molar-refractivity contribution in [1.82, 2.24) is 0 Å². The molecule has 0 aliphatic rings. The molecular formula is C63H51N3O5S3Si. The summed E-state index contributed by atoms with van der Waals surface area (Å²) < 4.78 is 0. The molecule has 9 rings (SSSR count). The Morgan fingerprint density at radius 3 is 0.933 bits per heavy atom. The third kappa shape index (κ3) is 12.8. The van der Waals surface area contributed by atoms with Crippen molar-refractivity contribution in [3.05, 3.63) is 245 Å². The number of carbonyl (C=O) groups is 3. The van der Waals surface area contributed by atoms with Gasteiger partial charge in [0.25, 0.3) is 5.69 Å². The van der Waals surface area contributed by atoms with E-state index in [4.69, 9.17) is 0 Å². The van der Waals surface area contributed by atoms with Crippen molar-refractivity contribution < 1.29 is 19.3 Å². The maximum absolute atomic E-state index is 11.9. The van der Waals surface area contributed by atoms with Crippen LogP contribution in [0, 0.1) is 10.1 Å². The van der Waals surface area contributed by atoms with Gasteiger partial charge in [0, 0.05) is 50.2 Å². The van der Waals surface area contributed by atoms with Crippen LogP contribution in [0.25, 0.3) is 44.5 Å². The number of azo groups is 1. The summed E-state index contributed by atoms with van der Waals surface area (Å²) in [6.45, 7) is 4.80. The summed E-state index contributed by atoms with van der Waals surface area (Å²) in [7, 11) is -3.15. The van der Waals surface area contributed by atoms with E-state index in [1.165, 1.54) is 68.2 Å². The van der Waals surface area contributed by atoms with Gasteiger partial charge in [-0.05, 0) is 106 Å². The topological polar surface area (TPSA) is 119 Å². The lowest BCUT2D eigenvalue weighted by Crippen LogP contribution is -2.74. The molecule has 0 saturated carbocycles. The quantitative estimate of drug-likeness (QED) is 0.0291. The molecule has 12 heteroatoms. The number of nitro groups is 1. The lowest BCUT2D eigenvalue weighted by Gasteiger charge is -2.35. The van der Waals surface area contributed by atoms with Gasteiger partial charge < -0.3 is 0 Å². The number of benzene rings is 9. The number of nitrogens with zero attached hydrogens (tertiary/aromatic N) is 3. The Bertz CT molecular complexity index is 3280. The number of thioether (sulfide) groups is 3. The van der Waals surface area contributed by atoms with Crippen LogP contribution in [0.1, 0.15) is 37.5 Å². The molecule has 0 heterocycles. The maximum Gasteiger partial charge on any atom is 0.269 e. The van der Waals surface area contributed by atoms with Crippen LogP contribution in [-0.2, 0) is 31.6 Å². The molecule has 8 nitrogen and oxygen atoms in total. The molecule has 75 heavy (non-hydrogen) atoms. The predicted octanol–water partition coefficient (Wildman–Crippen LogP) is 14.4. The van der Waals surface area contributed by atoms with Gasteiger partial charge in [0.1, 0.15) is 0 Å². The first-order chi connectivity index (χ1) is 36.4. The molecule has 370 valence electrons. The lowest BCUT2D eigenvalue weighted by atomic mass is 10.0. The molecule has 0 spiro atoms. The van der Waals surface area contributed by atoms with Gasteiger partial charge in [0.05, 0.1) is 16.3 Å². The molecule has 0 amide bonds. The van der Waals surface area contributed by atoms with Gasteiger partial charge in [0.2, 0.25) is 0 Å². The summed E-state index contributed by atoms with van der Waals surface area (Å²) in [4.78, 5) is 46.3. The minimum Gasteiger partial charge on any atom is -0.288 e. The number of hydrogen-bond donors (Lipinski definition) is 0. The average Bonchev–Trinajstić information content (AvgIpc) is 3.45. The molecule has 0 aliphatic heterocycles. The Hall–Kier alpha value is -7.74. The first kappa shape index (κ1) is 52.1. The van der Waals surface area contributed by atoms with Crippen LogP contribution in [0.15, 0.2) is 229 Å². The van der Waals surface area contributed by atoms with E-state index < -0.39 is 13.0 Å². The van der Waals surface area contributed by atoms with E-state index in [1.807, 2.05) is 24.3 Å². The Balaban J connectivity index is 1.15. The molecule has 9 aromatic carbocycles. The van der Waals surface area contributed by atoms with E-state index in [-0.39, 0.29) is 21.0 Å². The average molecular weight is 1050 g/mol. The second-order valence-corrected chi connectivity index (χ2v) is 25.3. The monoisotopic (exact) mass is 1050 g/mol. The molecule has 9 aromatic rings. The van der Waals surface area contributed by atoms with Gasteiger partial charge in [-0.15, -0.1) is 0 Å². The van der Waals surface area contributed by atoms with Gasteiger partial charge in [-0.2, -0.15) is 10.2 Å². The SMILES string of the molecule is CC(=O)SCc1cccc(-c2ccc([Si](c3ccc(-c4ccc(N=Nc5ccc([N+](=O)[O-])cc5)cc4)cc3)(c3ccc(-c4cccc(CSC(C)=O)c4)cc3)c3ccc(-c4cccc(CSC(C)=O)c4)cc3)cc2)c1. The fourth-order valence-electron chi connectivity index (χ4n) is 9.20. The Labute approximate surface area is 451 Å². The second kappa shape index (κ2) is 24.1. The van der Waals surface area contributed by atoms with Crippen LogP contribution in [0.4, 0.5) is 17.1 Å². The van der Waals surface area contributed by atoms with E-state index in [2.05, 4.69) is 180 Å². The van der Waals surface area contributed by atoms with Crippen LogP contribution in [-0.4, -0.2) is 28.3 Å². The van der Waals surface area contributed by atoms with E-state index >= 15 is 0 Å². The molecule has 0 saturated heterocycles. The van der Waals surface area contributed by atoms with Gasteiger partial charge in [-0.1, -0.05) is 217 Å². The first-order valence-electron chi connectivity index (χ1n) is 24.3. The summed E-state index contributed by atoms with van der Waals surface area (Å²) >= 11 is 3.94. The lowest BCUT2D eigenvalue weighted by molar-refractivity contribution is -0.384. The van der Waals surface area contributed by atoms with Crippen molar-refractivity contribution >= 4 is 96.5 Å². The third-order valence-corrected chi connectivity index (χ3v) is 20.4. The molecule has 0 bridgehead atoms. The zero-order valence-electron chi connectivity index (χ0n) is 41.5. The molecule has 0 fully saturated rings. The van der Waals surface area contributed by atoms with Crippen LogP contribution >= 0.6 is 35.3 Å². The largest absolute Gasteiger partial charge is 0.288 e. The Kier molecular flexibility index (Phi) is 16.7. The number of non-ortho nitro benzene ring substituents is 1. The van der Waals surface area contributed by atoms with Crippen LogP contribution in [0.3, 0.4) is 0 Å². The first-order valence-corrected chi connectivity index (χ1v) is 29.2. The maximum atomic E-state index is 11.9. The number of nitro benzene ring substituents is 1. The van der Waals surface area contributed by atoms with Crippen molar-refractivity contribution in [3.8, 4) is 44.5 Å². The third-order valence-electron chi connectivity index (χ3n) is 12.9. The van der Waals surface area contributed by atoms with E-state index in [1.54, 1.807) is 32.9 Å². The van der Waals surface area contributed by atoms with E-state index in [0.29, 0.717) is 28.6 Å². The highest BCUT2D eigenvalue weighted by Crippen LogP contribution is 2.29. The van der Waals surface area contributed by atoms with Crippen LogP contribution < -0.4 is 20.7 Å². The van der Waals surface area contributed by atoms with Gasteiger partial charge in [-0.25, -0.2) is 0 Å². The highest BCUT2D eigenvalue weighted by atomic mass is 32.2.